The van der Waals surface area contributed by atoms with Crippen molar-refractivity contribution in [3.8, 4) is 11.3 Å². The minimum atomic E-state index is -1.13. The second-order valence-corrected chi connectivity index (χ2v) is 7.33. The molecule has 0 spiro atoms. The van der Waals surface area contributed by atoms with Gasteiger partial charge in [-0.15, -0.1) is 0 Å². The van der Waals surface area contributed by atoms with Crippen LogP contribution in [0.15, 0.2) is 30.3 Å². The Balaban J connectivity index is 1.86. The van der Waals surface area contributed by atoms with Crippen LogP contribution in [-0.4, -0.2) is 16.6 Å². The third-order valence-electron chi connectivity index (χ3n) is 5.60. The minimum absolute atomic E-state index is 0.0715. The molecule has 0 aliphatic heterocycles. The van der Waals surface area contributed by atoms with Crippen LogP contribution in [0.2, 0.25) is 0 Å². The van der Waals surface area contributed by atoms with Gasteiger partial charge in [0, 0.05) is 29.3 Å². The Morgan fingerprint density at radius 1 is 1.20 bits per heavy atom. The van der Waals surface area contributed by atoms with Gasteiger partial charge in [0.1, 0.15) is 11.5 Å². The molecule has 132 valence electrons. The van der Waals surface area contributed by atoms with Gasteiger partial charge in [0.05, 0.1) is 5.60 Å². The zero-order valence-corrected chi connectivity index (χ0v) is 14.0. The molecule has 25 heavy (non-hydrogen) atoms. The average molecular weight is 344 g/mol. The Labute approximate surface area is 145 Å². The summed E-state index contributed by atoms with van der Waals surface area (Å²) in [5, 5.41) is 10.8. The van der Waals surface area contributed by atoms with Crippen molar-refractivity contribution in [3.63, 3.8) is 0 Å². The maximum atomic E-state index is 15.2. The maximum absolute atomic E-state index is 15.2. The molecule has 0 bridgehead atoms. The number of hydrogen-bond acceptors (Lipinski definition) is 3. The Bertz CT molecular complexity index is 783. The molecule has 2 saturated carbocycles. The molecule has 0 radical (unpaired) electrons. The Morgan fingerprint density at radius 3 is 2.40 bits per heavy atom. The summed E-state index contributed by atoms with van der Waals surface area (Å²) in [6.45, 7) is 0.448. The number of benzene rings is 1. The van der Waals surface area contributed by atoms with Crippen LogP contribution in [0.1, 0.15) is 49.3 Å². The van der Waals surface area contributed by atoms with E-state index in [4.69, 9.17) is 5.73 Å². The van der Waals surface area contributed by atoms with Crippen LogP contribution in [0.4, 0.5) is 8.78 Å². The molecule has 5 heteroatoms. The molecule has 3 N–H and O–H groups in total. The van der Waals surface area contributed by atoms with Gasteiger partial charge in [-0.2, -0.15) is 0 Å². The van der Waals surface area contributed by atoms with Gasteiger partial charge in [-0.25, -0.2) is 13.8 Å². The number of halogens is 2. The Kier molecular flexibility index (Phi) is 4.08. The van der Waals surface area contributed by atoms with Gasteiger partial charge in [0.2, 0.25) is 0 Å². The molecule has 2 fully saturated rings. The highest BCUT2D eigenvalue weighted by Gasteiger charge is 2.41. The number of nitrogens with two attached hydrogens (primary N) is 1. The van der Waals surface area contributed by atoms with E-state index < -0.39 is 11.4 Å². The van der Waals surface area contributed by atoms with E-state index in [9.17, 15) is 9.50 Å². The zero-order valence-electron chi connectivity index (χ0n) is 14.0. The van der Waals surface area contributed by atoms with Crippen molar-refractivity contribution in [2.75, 3.05) is 6.54 Å². The fourth-order valence-corrected chi connectivity index (χ4v) is 3.71. The standard InChI is InChI=1S/C20H22F2N2O/c21-14-6-4-13(5-7-14)19-18(22)16(20(25)8-1-9-20)10-17(24-19)15(11-23)12-2-3-12/h4-7,10,12,15,25H,1-3,8-9,11,23H2. The fraction of sp³-hybridized carbons (Fsp3) is 0.450. The Hall–Kier alpha value is -1.85. The van der Waals surface area contributed by atoms with Crippen LogP contribution in [0.25, 0.3) is 11.3 Å². The molecule has 0 saturated heterocycles. The smallest absolute Gasteiger partial charge is 0.155 e. The molecule has 2 aromatic rings. The van der Waals surface area contributed by atoms with Gasteiger partial charge in [0.25, 0.3) is 0 Å². The van der Waals surface area contributed by atoms with Gasteiger partial charge < -0.3 is 10.8 Å². The van der Waals surface area contributed by atoms with Gasteiger partial charge >= 0.3 is 0 Å². The lowest BCUT2D eigenvalue weighted by Gasteiger charge is -2.38. The number of aromatic nitrogens is 1. The molecule has 4 rings (SSSR count). The van der Waals surface area contributed by atoms with Crippen LogP contribution in [0, 0.1) is 17.6 Å². The predicted octanol–water partition coefficient (Wildman–Crippen LogP) is 3.85. The third-order valence-corrected chi connectivity index (χ3v) is 5.60. The topological polar surface area (TPSA) is 59.1 Å². The van der Waals surface area contributed by atoms with Crippen LogP contribution < -0.4 is 5.73 Å². The van der Waals surface area contributed by atoms with E-state index in [0.717, 1.165) is 25.0 Å². The molecule has 0 amide bonds. The molecule has 2 aliphatic carbocycles. The number of hydrogen-bond donors (Lipinski definition) is 2. The summed E-state index contributed by atoms with van der Waals surface area (Å²) in [7, 11) is 0. The van der Waals surface area contributed by atoms with Crippen molar-refractivity contribution in [1.29, 1.82) is 0 Å². The Morgan fingerprint density at radius 2 is 1.88 bits per heavy atom. The number of nitrogens with zero attached hydrogens (tertiary/aromatic N) is 1. The molecular formula is C20H22F2N2O. The van der Waals surface area contributed by atoms with Crippen LogP contribution in [0.3, 0.4) is 0 Å². The average Bonchev–Trinajstić information content (AvgIpc) is 3.40. The largest absolute Gasteiger partial charge is 0.385 e. The summed E-state index contributed by atoms with van der Waals surface area (Å²) in [5.74, 6) is -0.338. The molecular weight excluding hydrogens is 322 g/mol. The zero-order chi connectivity index (χ0) is 17.6. The van der Waals surface area contributed by atoms with Crippen LogP contribution in [-0.2, 0) is 5.60 Å². The third kappa shape index (κ3) is 2.96. The fourth-order valence-electron chi connectivity index (χ4n) is 3.71. The van der Waals surface area contributed by atoms with Crippen molar-refractivity contribution >= 4 is 0 Å². The quantitative estimate of drug-likeness (QED) is 0.866. The molecule has 2 aliphatic rings. The second kappa shape index (κ2) is 6.15. The van der Waals surface area contributed by atoms with Gasteiger partial charge in [-0.1, -0.05) is 0 Å². The monoisotopic (exact) mass is 344 g/mol. The molecule has 1 aromatic heterocycles. The van der Waals surface area contributed by atoms with E-state index in [1.165, 1.54) is 24.3 Å². The van der Waals surface area contributed by atoms with Crippen LogP contribution in [0.5, 0.6) is 0 Å². The maximum Gasteiger partial charge on any atom is 0.155 e. The van der Waals surface area contributed by atoms with E-state index in [1.807, 2.05) is 0 Å². The van der Waals surface area contributed by atoms with Crippen LogP contribution >= 0.6 is 0 Å². The number of rotatable bonds is 5. The number of pyridine rings is 1. The van der Waals surface area contributed by atoms with E-state index in [0.29, 0.717) is 36.4 Å². The normalized spacial score (nSPS) is 20.2. The summed E-state index contributed by atoms with van der Waals surface area (Å²) >= 11 is 0. The SMILES string of the molecule is NCC(c1cc(C2(O)CCC2)c(F)c(-c2ccc(F)cc2)n1)C1CC1. The highest BCUT2D eigenvalue weighted by Crippen LogP contribution is 2.46. The first kappa shape index (κ1) is 16.6. The van der Waals surface area contributed by atoms with E-state index in [-0.39, 0.29) is 17.4 Å². The second-order valence-electron chi connectivity index (χ2n) is 7.33. The number of aliphatic hydroxyl groups is 1. The lowest BCUT2D eigenvalue weighted by Crippen LogP contribution is -2.35. The lowest BCUT2D eigenvalue weighted by atomic mass is 9.74. The van der Waals surface area contributed by atoms with Gasteiger partial charge in [-0.3, -0.25) is 0 Å². The minimum Gasteiger partial charge on any atom is -0.385 e. The molecule has 1 aromatic carbocycles. The van der Waals surface area contributed by atoms with Gasteiger partial charge in [-0.05, 0) is 68.4 Å². The van der Waals surface area contributed by atoms with Crippen molar-refractivity contribution in [2.45, 2.75) is 43.6 Å². The summed E-state index contributed by atoms with van der Waals surface area (Å²) in [5.41, 5.74) is 6.55. The first-order valence-corrected chi connectivity index (χ1v) is 8.91. The summed E-state index contributed by atoms with van der Waals surface area (Å²) < 4.78 is 28.4. The first-order valence-electron chi connectivity index (χ1n) is 8.91. The van der Waals surface area contributed by atoms with E-state index in [2.05, 4.69) is 4.98 Å². The molecule has 3 nitrogen and oxygen atoms in total. The summed E-state index contributed by atoms with van der Waals surface area (Å²) in [4.78, 5) is 4.55. The summed E-state index contributed by atoms with van der Waals surface area (Å²) in [6.07, 6.45) is 4.18. The van der Waals surface area contributed by atoms with Crippen molar-refractivity contribution in [3.05, 3.63) is 53.2 Å². The van der Waals surface area contributed by atoms with E-state index in [1.54, 1.807) is 6.07 Å². The molecule has 1 unspecified atom stereocenters. The summed E-state index contributed by atoms with van der Waals surface area (Å²) in [6, 6.07) is 7.34. The van der Waals surface area contributed by atoms with E-state index >= 15 is 4.39 Å². The first-order chi connectivity index (χ1) is 12.0. The highest BCUT2D eigenvalue weighted by atomic mass is 19.1. The lowest BCUT2D eigenvalue weighted by molar-refractivity contribution is -0.0417. The molecule has 1 atom stereocenters. The predicted molar refractivity (Wildman–Crippen MR) is 91.9 cm³/mol. The van der Waals surface area contributed by atoms with Crippen molar-refractivity contribution in [1.82, 2.24) is 4.98 Å². The van der Waals surface area contributed by atoms with Gasteiger partial charge in [0.15, 0.2) is 5.82 Å². The van der Waals surface area contributed by atoms with Crippen molar-refractivity contribution in [2.24, 2.45) is 11.7 Å². The highest BCUT2D eigenvalue weighted by molar-refractivity contribution is 5.62. The molecule has 1 heterocycles. The van der Waals surface area contributed by atoms with Crippen molar-refractivity contribution < 1.29 is 13.9 Å².